The minimum Gasteiger partial charge on any atom is -0.481 e. The summed E-state index contributed by atoms with van der Waals surface area (Å²) < 4.78 is 18.8. The Bertz CT molecular complexity index is 435. The second-order valence-corrected chi connectivity index (χ2v) is 4.64. The average molecular weight is 268 g/mol. The highest BCUT2D eigenvalue weighted by Crippen LogP contribution is 2.20. The molecule has 3 N–H and O–H groups in total. The number of nitrogens with one attached hydrogen (secondary N) is 1. The molecule has 1 amide bonds. The van der Waals surface area contributed by atoms with Crippen LogP contribution in [0.4, 0.5) is 4.39 Å². The highest BCUT2D eigenvalue weighted by atomic mass is 19.1. The molecule has 0 radical (unpaired) electrons. The minimum atomic E-state index is -0.508. The van der Waals surface area contributed by atoms with Crippen LogP contribution in [-0.2, 0) is 4.79 Å². The fraction of sp³-hybridized carbons (Fsp3) is 0.500. The predicted molar refractivity (Wildman–Crippen MR) is 72.4 cm³/mol. The number of carbonyl (C=O) groups excluding carboxylic acids is 1. The van der Waals surface area contributed by atoms with Gasteiger partial charge in [-0.3, -0.25) is 4.79 Å². The van der Waals surface area contributed by atoms with E-state index in [1.807, 2.05) is 13.8 Å². The quantitative estimate of drug-likeness (QED) is 0.830. The number of rotatable bonds is 6. The van der Waals surface area contributed by atoms with Crippen LogP contribution < -0.4 is 15.8 Å². The second-order valence-electron chi connectivity index (χ2n) is 4.64. The monoisotopic (exact) mass is 268 g/mol. The Kier molecular flexibility index (Phi) is 5.76. The van der Waals surface area contributed by atoms with E-state index in [0.717, 1.165) is 6.42 Å². The molecule has 0 aromatic heterocycles. The summed E-state index contributed by atoms with van der Waals surface area (Å²) in [4.78, 5) is 11.5. The third kappa shape index (κ3) is 4.87. The van der Waals surface area contributed by atoms with Crippen LogP contribution in [0.25, 0.3) is 0 Å². The van der Waals surface area contributed by atoms with Gasteiger partial charge < -0.3 is 15.8 Å². The van der Waals surface area contributed by atoms with Crippen molar-refractivity contribution >= 4 is 5.91 Å². The van der Waals surface area contributed by atoms with Crippen LogP contribution in [0.1, 0.15) is 38.8 Å². The molecular weight excluding hydrogens is 247 g/mol. The first kappa shape index (κ1) is 15.4. The van der Waals surface area contributed by atoms with Crippen molar-refractivity contribution in [3.05, 3.63) is 29.6 Å². The second kappa shape index (κ2) is 7.09. The minimum absolute atomic E-state index is 0.0590. The van der Waals surface area contributed by atoms with Crippen LogP contribution in [0, 0.1) is 5.82 Å². The lowest BCUT2D eigenvalue weighted by Gasteiger charge is -2.13. The summed E-state index contributed by atoms with van der Waals surface area (Å²) in [6.07, 6.45) is 0.836. The van der Waals surface area contributed by atoms with Crippen LogP contribution >= 0.6 is 0 Å². The van der Waals surface area contributed by atoms with Gasteiger partial charge in [-0.25, -0.2) is 4.39 Å². The molecule has 19 heavy (non-hydrogen) atoms. The van der Waals surface area contributed by atoms with Crippen molar-refractivity contribution in [1.29, 1.82) is 0 Å². The number of hydrogen-bond acceptors (Lipinski definition) is 3. The first-order valence-corrected chi connectivity index (χ1v) is 6.41. The van der Waals surface area contributed by atoms with Crippen molar-refractivity contribution in [2.75, 3.05) is 6.61 Å². The Morgan fingerprint density at radius 2 is 2.16 bits per heavy atom. The lowest BCUT2D eigenvalue weighted by molar-refractivity contribution is -0.123. The van der Waals surface area contributed by atoms with E-state index in [1.54, 1.807) is 13.0 Å². The Morgan fingerprint density at radius 1 is 1.47 bits per heavy atom. The van der Waals surface area contributed by atoms with Gasteiger partial charge in [0.1, 0.15) is 0 Å². The Balaban J connectivity index is 2.56. The van der Waals surface area contributed by atoms with Crippen LogP contribution in [0.2, 0.25) is 0 Å². The van der Waals surface area contributed by atoms with Gasteiger partial charge in [-0.1, -0.05) is 13.0 Å². The van der Waals surface area contributed by atoms with Gasteiger partial charge in [0.25, 0.3) is 5.91 Å². The van der Waals surface area contributed by atoms with Gasteiger partial charge in [0, 0.05) is 12.1 Å². The average Bonchev–Trinajstić information content (AvgIpc) is 2.36. The van der Waals surface area contributed by atoms with Gasteiger partial charge in [0.15, 0.2) is 18.2 Å². The highest BCUT2D eigenvalue weighted by molar-refractivity contribution is 5.77. The fourth-order valence-corrected chi connectivity index (χ4v) is 1.48. The number of hydrogen-bond donors (Lipinski definition) is 2. The van der Waals surface area contributed by atoms with E-state index in [9.17, 15) is 9.18 Å². The summed E-state index contributed by atoms with van der Waals surface area (Å²) in [5.74, 6) is -0.708. The Labute approximate surface area is 113 Å². The molecule has 5 heteroatoms. The molecule has 0 aliphatic carbocycles. The maximum atomic E-state index is 13.7. The molecule has 4 nitrogen and oxygen atoms in total. The maximum Gasteiger partial charge on any atom is 0.258 e. The predicted octanol–water partition coefficient (Wildman–Crippen LogP) is 2.14. The molecule has 0 fully saturated rings. The number of carbonyl (C=O) groups is 1. The van der Waals surface area contributed by atoms with Crippen molar-refractivity contribution in [3.63, 3.8) is 0 Å². The molecule has 1 aromatic carbocycles. The largest absolute Gasteiger partial charge is 0.481 e. The Morgan fingerprint density at radius 3 is 2.68 bits per heavy atom. The summed E-state index contributed by atoms with van der Waals surface area (Å²) in [6, 6.07) is 4.35. The van der Waals surface area contributed by atoms with E-state index in [2.05, 4.69) is 5.32 Å². The Hall–Kier alpha value is -1.62. The topological polar surface area (TPSA) is 64.3 Å². The van der Waals surface area contributed by atoms with E-state index >= 15 is 0 Å². The first-order chi connectivity index (χ1) is 8.93. The molecule has 0 aliphatic rings. The molecule has 0 heterocycles. The summed E-state index contributed by atoms with van der Waals surface area (Å²) in [6.45, 7) is 5.45. The van der Waals surface area contributed by atoms with Crippen LogP contribution in [-0.4, -0.2) is 18.6 Å². The van der Waals surface area contributed by atoms with E-state index < -0.39 is 5.82 Å². The summed E-state index contributed by atoms with van der Waals surface area (Å²) in [5, 5.41) is 2.74. The molecule has 0 saturated carbocycles. The van der Waals surface area contributed by atoms with Gasteiger partial charge in [-0.15, -0.1) is 0 Å². The van der Waals surface area contributed by atoms with Crippen molar-refractivity contribution in [2.24, 2.45) is 5.73 Å². The zero-order chi connectivity index (χ0) is 14.4. The zero-order valence-electron chi connectivity index (χ0n) is 11.6. The summed E-state index contributed by atoms with van der Waals surface area (Å²) in [5.41, 5.74) is 6.34. The van der Waals surface area contributed by atoms with Crippen molar-refractivity contribution < 1.29 is 13.9 Å². The van der Waals surface area contributed by atoms with Crippen LogP contribution in [0.15, 0.2) is 18.2 Å². The molecule has 1 unspecified atom stereocenters. The SMILES string of the molecule is CCC(C)NC(=O)COc1ccc([C@H](C)N)cc1F. The van der Waals surface area contributed by atoms with Gasteiger partial charge in [-0.05, 0) is 38.0 Å². The number of nitrogens with two attached hydrogens (primary N) is 1. The molecular formula is C14H21FN2O2. The number of benzene rings is 1. The molecule has 0 aliphatic heterocycles. The molecule has 0 saturated heterocycles. The zero-order valence-corrected chi connectivity index (χ0v) is 11.6. The van der Waals surface area contributed by atoms with E-state index in [-0.39, 0.29) is 30.3 Å². The lowest BCUT2D eigenvalue weighted by atomic mass is 10.1. The number of amides is 1. The van der Waals surface area contributed by atoms with Crippen molar-refractivity contribution in [3.8, 4) is 5.75 Å². The normalized spacial score (nSPS) is 13.7. The number of ether oxygens (including phenoxy) is 1. The molecule has 0 spiro atoms. The van der Waals surface area contributed by atoms with E-state index in [0.29, 0.717) is 5.56 Å². The van der Waals surface area contributed by atoms with Crippen molar-refractivity contribution in [1.82, 2.24) is 5.32 Å². The molecule has 1 aromatic rings. The number of halogens is 1. The highest BCUT2D eigenvalue weighted by Gasteiger charge is 2.10. The third-order valence-corrected chi connectivity index (χ3v) is 2.86. The lowest BCUT2D eigenvalue weighted by Crippen LogP contribution is -2.35. The molecule has 2 atom stereocenters. The third-order valence-electron chi connectivity index (χ3n) is 2.86. The fourth-order valence-electron chi connectivity index (χ4n) is 1.48. The summed E-state index contributed by atoms with van der Waals surface area (Å²) >= 11 is 0. The van der Waals surface area contributed by atoms with Gasteiger partial charge >= 0.3 is 0 Å². The first-order valence-electron chi connectivity index (χ1n) is 6.41. The van der Waals surface area contributed by atoms with Gasteiger partial charge in [0.2, 0.25) is 0 Å². The molecule has 0 bridgehead atoms. The summed E-state index contributed by atoms with van der Waals surface area (Å²) in [7, 11) is 0. The maximum absolute atomic E-state index is 13.7. The van der Waals surface area contributed by atoms with Crippen molar-refractivity contribution in [2.45, 2.75) is 39.3 Å². The smallest absolute Gasteiger partial charge is 0.258 e. The molecule has 1 rings (SSSR count). The van der Waals surface area contributed by atoms with Gasteiger partial charge in [0.05, 0.1) is 0 Å². The van der Waals surface area contributed by atoms with Crippen LogP contribution in [0.5, 0.6) is 5.75 Å². The standard InChI is InChI=1S/C14H21FN2O2/c1-4-9(2)17-14(18)8-19-13-6-5-11(10(3)16)7-12(13)15/h5-7,9-10H,4,8,16H2,1-3H3,(H,17,18)/t9?,10-/m0/s1. The van der Waals surface area contributed by atoms with E-state index in [4.69, 9.17) is 10.5 Å². The van der Waals surface area contributed by atoms with Gasteiger partial charge in [-0.2, -0.15) is 0 Å². The van der Waals surface area contributed by atoms with E-state index in [1.165, 1.54) is 12.1 Å². The van der Waals surface area contributed by atoms with Crippen LogP contribution in [0.3, 0.4) is 0 Å². The molecule has 106 valence electrons.